The standard InChI is InChI=1S/C39H66N6O8/c1-11-26(4)35(44(7)33(47)24-41-38(49)34(25(2)3)43(6)21-19-40)31(51-8)23-32(46)45-20-15-18-30(45)36(52-9)27(5)37(48)42-29(39(50)53-10)22-28-16-13-12-14-17-28/h12-14,16-17,25-27,29-31,34-36H,11,15,18-24,40H2,1-10H3,(H,41,49)(H,42,48). The van der Waals surface area contributed by atoms with Crippen molar-refractivity contribution in [2.24, 2.45) is 23.5 Å². The van der Waals surface area contributed by atoms with Gasteiger partial charge in [0.05, 0.1) is 56.3 Å². The number of rotatable bonds is 22. The Morgan fingerprint density at radius 2 is 1.64 bits per heavy atom. The predicted octanol–water partition coefficient (Wildman–Crippen LogP) is 1.84. The van der Waals surface area contributed by atoms with Gasteiger partial charge in [0.15, 0.2) is 0 Å². The van der Waals surface area contributed by atoms with E-state index < -0.39 is 42.2 Å². The minimum Gasteiger partial charge on any atom is -0.467 e. The third-order valence-corrected chi connectivity index (χ3v) is 10.7. The van der Waals surface area contributed by atoms with Crippen molar-refractivity contribution < 1.29 is 38.2 Å². The highest BCUT2D eigenvalue weighted by Crippen LogP contribution is 2.29. The molecule has 53 heavy (non-hydrogen) atoms. The molecule has 8 atom stereocenters. The predicted molar refractivity (Wildman–Crippen MR) is 204 cm³/mol. The zero-order valence-corrected chi connectivity index (χ0v) is 33.6. The minimum absolute atomic E-state index is 0.00376. The summed E-state index contributed by atoms with van der Waals surface area (Å²) in [6.45, 7) is 10.9. The van der Waals surface area contributed by atoms with E-state index in [1.165, 1.54) is 21.3 Å². The van der Waals surface area contributed by atoms with Crippen LogP contribution in [0.5, 0.6) is 0 Å². The molecule has 1 saturated heterocycles. The molecular weight excluding hydrogens is 680 g/mol. The molecule has 0 spiro atoms. The number of nitrogens with two attached hydrogens (primary N) is 1. The summed E-state index contributed by atoms with van der Waals surface area (Å²) < 4.78 is 16.8. The molecule has 0 aromatic heterocycles. The highest BCUT2D eigenvalue weighted by molar-refractivity contribution is 5.88. The molecule has 0 bridgehead atoms. The first-order valence-corrected chi connectivity index (χ1v) is 18.9. The van der Waals surface area contributed by atoms with E-state index in [-0.39, 0.29) is 60.9 Å². The van der Waals surface area contributed by atoms with E-state index >= 15 is 0 Å². The van der Waals surface area contributed by atoms with Crippen molar-refractivity contribution in [3.05, 3.63) is 35.9 Å². The van der Waals surface area contributed by atoms with Crippen LogP contribution in [0.15, 0.2) is 30.3 Å². The Labute approximate surface area is 316 Å². The number of esters is 1. The Balaban J connectivity index is 2.19. The monoisotopic (exact) mass is 746 g/mol. The summed E-state index contributed by atoms with van der Waals surface area (Å²) in [6.07, 6.45) is 1.08. The van der Waals surface area contributed by atoms with E-state index in [1.54, 1.807) is 23.8 Å². The molecule has 14 nitrogen and oxygen atoms in total. The Morgan fingerprint density at radius 3 is 2.19 bits per heavy atom. The molecule has 1 heterocycles. The molecule has 14 heteroatoms. The molecular formula is C39H66N6O8. The highest BCUT2D eigenvalue weighted by atomic mass is 16.5. The third-order valence-electron chi connectivity index (χ3n) is 10.7. The minimum atomic E-state index is -0.890. The fourth-order valence-corrected chi connectivity index (χ4v) is 7.56. The van der Waals surface area contributed by atoms with Gasteiger partial charge in [-0.15, -0.1) is 0 Å². The molecule has 0 radical (unpaired) electrons. The first-order chi connectivity index (χ1) is 25.2. The van der Waals surface area contributed by atoms with Crippen molar-refractivity contribution in [2.45, 2.75) is 103 Å². The number of likely N-dealkylation sites (tertiary alicyclic amines) is 1. The van der Waals surface area contributed by atoms with Crippen LogP contribution < -0.4 is 16.4 Å². The van der Waals surface area contributed by atoms with E-state index in [2.05, 4.69) is 10.6 Å². The van der Waals surface area contributed by atoms with Gasteiger partial charge in [0.1, 0.15) is 6.04 Å². The van der Waals surface area contributed by atoms with Gasteiger partial charge in [0.25, 0.3) is 0 Å². The van der Waals surface area contributed by atoms with Crippen molar-refractivity contribution in [1.29, 1.82) is 0 Å². The Bertz CT molecular complexity index is 1320. The molecule has 4 amide bonds. The smallest absolute Gasteiger partial charge is 0.328 e. The zero-order chi connectivity index (χ0) is 39.8. The van der Waals surface area contributed by atoms with Crippen LogP contribution >= 0.6 is 0 Å². The van der Waals surface area contributed by atoms with Crippen molar-refractivity contribution in [2.75, 3.05) is 61.6 Å². The lowest BCUT2D eigenvalue weighted by Gasteiger charge is -2.39. The van der Waals surface area contributed by atoms with Gasteiger partial charge in [-0.1, -0.05) is 71.4 Å². The van der Waals surface area contributed by atoms with Crippen LogP contribution in [0.25, 0.3) is 0 Å². The van der Waals surface area contributed by atoms with E-state index in [0.717, 1.165) is 18.4 Å². The van der Waals surface area contributed by atoms with Crippen LogP contribution in [0.3, 0.4) is 0 Å². The number of nitrogens with one attached hydrogen (secondary N) is 2. The molecule has 300 valence electrons. The number of methoxy groups -OCH3 is 3. The summed E-state index contributed by atoms with van der Waals surface area (Å²) in [5, 5.41) is 5.66. The van der Waals surface area contributed by atoms with E-state index in [4.69, 9.17) is 19.9 Å². The van der Waals surface area contributed by atoms with E-state index in [0.29, 0.717) is 26.1 Å². The lowest BCUT2D eigenvalue weighted by atomic mass is 9.90. The second-order valence-corrected chi connectivity index (χ2v) is 14.6. The number of ether oxygens (including phenoxy) is 3. The molecule has 8 unspecified atom stereocenters. The highest BCUT2D eigenvalue weighted by Gasteiger charge is 2.42. The van der Waals surface area contributed by atoms with Crippen molar-refractivity contribution in [3.8, 4) is 0 Å². The van der Waals surface area contributed by atoms with Crippen molar-refractivity contribution in [1.82, 2.24) is 25.3 Å². The van der Waals surface area contributed by atoms with Crippen molar-refractivity contribution >= 4 is 29.6 Å². The molecule has 1 fully saturated rings. The number of nitrogens with zero attached hydrogens (tertiary/aromatic N) is 3. The Morgan fingerprint density at radius 1 is 0.981 bits per heavy atom. The summed E-state index contributed by atoms with van der Waals surface area (Å²) in [6, 6.07) is 7.19. The zero-order valence-electron chi connectivity index (χ0n) is 33.6. The van der Waals surface area contributed by atoms with Crippen molar-refractivity contribution in [3.63, 3.8) is 0 Å². The van der Waals surface area contributed by atoms with Crippen LogP contribution in [0.1, 0.15) is 65.9 Å². The maximum atomic E-state index is 14.1. The van der Waals surface area contributed by atoms with Gasteiger partial charge < -0.3 is 40.4 Å². The number of carbonyl (C=O) groups excluding carboxylic acids is 5. The second kappa shape index (κ2) is 22.6. The molecule has 1 aliphatic rings. The van der Waals surface area contributed by atoms with Crippen LogP contribution in [-0.4, -0.2) is 142 Å². The average molecular weight is 747 g/mol. The summed E-state index contributed by atoms with van der Waals surface area (Å²) in [5.41, 5.74) is 6.59. The number of hydrogen-bond acceptors (Lipinski definition) is 10. The van der Waals surface area contributed by atoms with Crippen LogP contribution in [-0.2, 0) is 44.6 Å². The van der Waals surface area contributed by atoms with Crippen LogP contribution in [0.2, 0.25) is 0 Å². The quantitative estimate of drug-likeness (QED) is 0.149. The van der Waals surface area contributed by atoms with Gasteiger partial charge in [-0.2, -0.15) is 0 Å². The van der Waals surface area contributed by atoms with Crippen LogP contribution in [0.4, 0.5) is 0 Å². The fraction of sp³-hybridized carbons (Fsp3) is 0.718. The third kappa shape index (κ3) is 12.8. The lowest BCUT2D eigenvalue weighted by Crippen LogP contribution is -2.55. The van der Waals surface area contributed by atoms with Gasteiger partial charge in [-0.05, 0) is 37.3 Å². The van der Waals surface area contributed by atoms with E-state index in [1.807, 2.05) is 70.0 Å². The van der Waals surface area contributed by atoms with Gasteiger partial charge in [-0.3, -0.25) is 24.1 Å². The average Bonchev–Trinajstić information content (AvgIpc) is 3.63. The molecule has 1 aromatic rings. The first kappa shape index (κ1) is 45.6. The number of benzene rings is 1. The summed E-state index contributed by atoms with van der Waals surface area (Å²) >= 11 is 0. The molecule has 2 rings (SSSR count). The lowest BCUT2D eigenvalue weighted by molar-refractivity contribution is -0.148. The van der Waals surface area contributed by atoms with E-state index in [9.17, 15) is 24.0 Å². The SMILES string of the molecule is CCC(C)C(C(CC(=O)N1CCCC1C(OC)C(C)C(=O)NC(Cc1ccccc1)C(=O)OC)OC)N(C)C(=O)CNC(=O)C(C(C)C)N(C)CCN. The number of likely N-dealkylation sites (N-methyl/N-ethyl adjacent to an activating group) is 2. The second-order valence-electron chi connectivity index (χ2n) is 14.6. The molecule has 1 aliphatic heterocycles. The fourth-order valence-electron chi connectivity index (χ4n) is 7.56. The molecule has 0 saturated carbocycles. The maximum Gasteiger partial charge on any atom is 0.328 e. The van der Waals surface area contributed by atoms with Gasteiger partial charge in [0.2, 0.25) is 23.6 Å². The maximum absolute atomic E-state index is 14.1. The Hall–Kier alpha value is -3.59. The number of hydrogen-bond donors (Lipinski definition) is 3. The topological polar surface area (TPSA) is 173 Å². The molecule has 1 aromatic carbocycles. The number of amides is 4. The summed E-state index contributed by atoms with van der Waals surface area (Å²) in [4.78, 5) is 72.3. The van der Waals surface area contributed by atoms with Gasteiger partial charge >= 0.3 is 5.97 Å². The molecule has 4 N–H and O–H groups in total. The van der Waals surface area contributed by atoms with Crippen LogP contribution in [0, 0.1) is 17.8 Å². The molecule has 0 aliphatic carbocycles. The van der Waals surface area contributed by atoms with Gasteiger partial charge in [0, 0.05) is 47.3 Å². The summed E-state index contributed by atoms with van der Waals surface area (Å²) in [5.74, 6) is -2.36. The first-order valence-electron chi connectivity index (χ1n) is 18.9. The van der Waals surface area contributed by atoms with Gasteiger partial charge in [-0.25, -0.2) is 4.79 Å². The summed E-state index contributed by atoms with van der Waals surface area (Å²) in [7, 11) is 7.86. The largest absolute Gasteiger partial charge is 0.467 e. The number of carbonyl (C=O) groups is 5. The normalized spacial score (nSPS) is 18.4. The Kier molecular flexibility index (Phi) is 19.4.